The molecule has 1 atom stereocenters. The maximum Gasteiger partial charge on any atom is 0.252 e. The van der Waals surface area contributed by atoms with Crippen LogP contribution in [0.2, 0.25) is 0 Å². The third-order valence-corrected chi connectivity index (χ3v) is 3.23. The van der Waals surface area contributed by atoms with Gasteiger partial charge in [0.25, 0.3) is 5.56 Å². The molecule has 4 nitrogen and oxygen atoms in total. The Bertz CT molecular complexity index is 415. The number of nitrogens with one attached hydrogen (secondary N) is 2. The first-order valence-electron chi connectivity index (χ1n) is 5.00. The number of anilines is 1. The van der Waals surface area contributed by atoms with E-state index in [1.807, 2.05) is 0 Å². The lowest BCUT2D eigenvalue weighted by molar-refractivity contribution is 0.787. The van der Waals surface area contributed by atoms with Gasteiger partial charge in [0.2, 0.25) is 0 Å². The molecular weight excluding hydrogens is 293 g/mol. The summed E-state index contributed by atoms with van der Waals surface area (Å²) >= 11 is 3.45. The van der Waals surface area contributed by atoms with Gasteiger partial charge in [-0.05, 0) is 28.9 Å². The molecule has 1 unspecified atom stereocenters. The summed E-state index contributed by atoms with van der Waals surface area (Å²) < 4.78 is 2.49. The maximum absolute atomic E-state index is 11.5. The van der Waals surface area contributed by atoms with Crippen molar-refractivity contribution in [3.05, 3.63) is 27.1 Å². The zero-order chi connectivity index (χ0) is 10.8. The van der Waals surface area contributed by atoms with Crippen LogP contribution < -0.4 is 16.2 Å². The van der Waals surface area contributed by atoms with Crippen molar-refractivity contribution in [2.45, 2.75) is 12.5 Å². The Morgan fingerprint density at radius 1 is 1.62 bits per heavy atom. The standard InChI is InChI=1S/C10H14BrN3O.ClH/c1-14-6-8(11)9(4-10(14)15)13-7-2-3-12-5-7;/h4,6-7,12-13H,2-3,5H2,1H3;1H. The minimum atomic E-state index is 0. The molecular formula is C10H15BrClN3O. The Labute approximate surface area is 109 Å². The lowest BCUT2D eigenvalue weighted by Crippen LogP contribution is -2.24. The molecule has 1 aromatic heterocycles. The Kier molecular flexibility index (Phi) is 4.83. The fourth-order valence-electron chi connectivity index (χ4n) is 1.71. The number of halogens is 2. The zero-order valence-electron chi connectivity index (χ0n) is 9.00. The highest BCUT2D eigenvalue weighted by molar-refractivity contribution is 9.10. The zero-order valence-corrected chi connectivity index (χ0v) is 11.4. The molecule has 2 rings (SSSR count). The highest BCUT2D eigenvalue weighted by atomic mass is 79.9. The minimum absolute atomic E-state index is 0. The summed E-state index contributed by atoms with van der Waals surface area (Å²) in [5.74, 6) is 0. The van der Waals surface area contributed by atoms with Gasteiger partial charge in [0, 0.05) is 31.9 Å². The summed E-state index contributed by atoms with van der Waals surface area (Å²) in [6, 6.07) is 2.05. The molecule has 1 saturated heterocycles. The number of hydrogen-bond acceptors (Lipinski definition) is 3. The first kappa shape index (κ1) is 13.5. The molecule has 1 aliphatic heterocycles. The van der Waals surface area contributed by atoms with Crippen LogP contribution in [0.3, 0.4) is 0 Å². The summed E-state index contributed by atoms with van der Waals surface area (Å²) in [5, 5.41) is 6.63. The van der Waals surface area contributed by atoms with Crippen LogP contribution in [-0.2, 0) is 7.05 Å². The molecule has 1 aromatic rings. The summed E-state index contributed by atoms with van der Waals surface area (Å²) in [6.07, 6.45) is 2.88. The number of nitrogens with zero attached hydrogens (tertiary/aromatic N) is 1. The van der Waals surface area contributed by atoms with Crippen LogP contribution >= 0.6 is 28.3 Å². The third kappa shape index (κ3) is 2.99. The molecule has 0 amide bonds. The second kappa shape index (κ2) is 5.70. The summed E-state index contributed by atoms with van der Waals surface area (Å²) in [5.41, 5.74) is 0.887. The van der Waals surface area contributed by atoms with Crippen LogP contribution in [0.15, 0.2) is 21.5 Å². The average molecular weight is 309 g/mol. The maximum atomic E-state index is 11.5. The number of pyridine rings is 1. The van der Waals surface area contributed by atoms with E-state index in [1.54, 1.807) is 23.9 Å². The van der Waals surface area contributed by atoms with Crippen LogP contribution in [0.25, 0.3) is 0 Å². The summed E-state index contributed by atoms with van der Waals surface area (Å²) in [7, 11) is 1.74. The van der Waals surface area contributed by atoms with Crippen molar-refractivity contribution in [2.75, 3.05) is 18.4 Å². The highest BCUT2D eigenvalue weighted by Gasteiger charge is 2.15. The second-order valence-corrected chi connectivity index (χ2v) is 4.67. The first-order valence-corrected chi connectivity index (χ1v) is 5.79. The fraction of sp³-hybridized carbons (Fsp3) is 0.500. The van der Waals surface area contributed by atoms with Crippen molar-refractivity contribution in [2.24, 2.45) is 7.05 Å². The predicted molar refractivity (Wildman–Crippen MR) is 71.5 cm³/mol. The molecule has 0 aliphatic carbocycles. The van der Waals surface area contributed by atoms with E-state index in [0.29, 0.717) is 6.04 Å². The van der Waals surface area contributed by atoms with Crippen LogP contribution in [0, 0.1) is 0 Å². The van der Waals surface area contributed by atoms with Crippen LogP contribution in [0.1, 0.15) is 6.42 Å². The molecule has 0 radical (unpaired) electrons. The van der Waals surface area contributed by atoms with Gasteiger partial charge in [-0.15, -0.1) is 12.4 Å². The van der Waals surface area contributed by atoms with E-state index in [0.717, 1.165) is 29.7 Å². The van der Waals surface area contributed by atoms with Gasteiger partial charge in [0.15, 0.2) is 0 Å². The van der Waals surface area contributed by atoms with Crippen LogP contribution in [0.5, 0.6) is 0 Å². The van der Waals surface area contributed by atoms with Crippen molar-refractivity contribution >= 4 is 34.0 Å². The van der Waals surface area contributed by atoms with Crippen molar-refractivity contribution in [3.8, 4) is 0 Å². The van der Waals surface area contributed by atoms with E-state index >= 15 is 0 Å². The van der Waals surface area contributed by atoms with Gasteiger partial charge in [-0.1, -0.05) is 0 Å². The Morgan fingerprint density at radius 2 is 2.38 bits per heavy atom. The number of aromatic nitrogens is 1. The summed E-state index contributed by atoms with van der Waals surface area (Å²) in [6.45, 7) is 2.00. The summed E-state index contributed by atoms with van der Waals surface area (Å²) in [4.78, 5) is 11.5. The van der Waals surface area contributed by atoms with Gasteiger partial charge >= 0.3 is 0 Å². The smallest absolute Gasteiger partial charge is 0.252 e. The molecule has 0 spiro atoms. The Balaban J connectivity index is 0.00000128. The molecule has 2 heterocycles. The lowest BCUT2D eigenvalue weighted by Gasteiger charge is -2.14. The molecule has 6 heteroatoms. The molecule has 0 saturated carbocycles. The molecule has 1 fully saturated rings. The van der Waals surface area contributed by atoms with E-state index in [4.69, 9.17) is 0 Å². The molecule has 1 aliphatic rings. The lowest BCUT2D eigenvalue weighted by atomic mass is 10.2. The van der Waals surface area contributed by atoms with Crippen molar-refractivity contribution in [1.29, 1.82) is 0 Å². The van der Waals surface area contributed by atoms with Crippen molar-refractivity contribution in [3.63, 3.8) is 0 Å². The van der Waals surface area contributed by atoms with Gasteiger partial charge in [-0.3, -0.25) is 4.79 Å². The monoisotopic (exact) mass is 307 g/mol. The molecule has 0 aromatic carbocycles. The number of hydrogen-bond donors (Lipinski definition) is 2. The Hall–Kier alpha value is -0.520. The van der Waals surface area contributed by atoms with Crippen LogP contribution in [0.4, 0.5) is 5.69 Å². The van der Waals surface area contributed by atoms with Gasteiger partial charge in [0.05, 0.1) is 10.2 Å². The van der Waals surface area contributed by atoms with Crippen molar-refractivity contribution in [1.82, 2.24) is 9.88 Å². The van der Waals surface area contributed by atoms with Crippen LogP contribution in [-0.4, -0.2) is 23.7 Å². The second-order valence-electron chi connectivity index (χ2n) is 3.82. The molecule has 90 valence electrons. The normalized spacial score (nSPS) is 19.2. The highest BCUT2D eigenvalue weighted by Crippen LogP contribution is 2.21. The molecule has 2 N–H and O–H groups in total. The van der Waals surface area contributed by atoms with E-state index in [-0.39, 0.29) is 18.0 Å². The third-order valence-electron chi connectivity index (χ3n) is 2.60. The van der Waals surface area contributed by atoms with Gasteiger partial charge < -0.3 is 15.2 Å². The molecule has 0 bridgehead atoms. The molecule has 16 heavy (non-hydrogen) atoms. The van der Waals surface area contributed by atoms with Gasteiger partial charge in [-0.2, -0.15) is 0 Å². The largest absolute Gasteiger partial charge is 0.380 e. The quantitative estimate of drug-likeness (QED) is 0.867. The average Bonchev–Trinajstić information content (AvgIpc) is 2.67. The minimum Gasteiger partial charge on any atom is -0.380 e. The van der Waals surface area contributed by atoms with E-state index < -0.39 is 0 Å². The number of aryl methyl sites for hydroxylation is 1. The predicted octanol–water partition coefficient (Wildman–Crippen LogP) is 1.34. The Morgan fingerprint density at radius 3 is 3.00 bits per heavy atom. The van der Waals surface area contributed by atoms with E-state index in [9.17, 15) is 4.79 Å². The number of rotatable bonds is 2. The van der Waals surface area contributed by atoms with Gasteiger partial charge in [0.1, 0.15) is 0 Å². The van der Waals surface area contributed by atoms with E-state index in [2.05, 4.69) is 26.6 Å². The topological polar surface area (TPSA) is 46.1 Å². The first-order chi connectivity index (χ1) is 7.16. The van der Waals surface area contributed by atoms with Crippen molar-refractivity contribution < 1.29 is 0 Å². The van der Waals surface area contributed by atoms with Gasteiger partial charge in [-0.25, -0.2) is 0 Å². The fourth-order valence-corrected chi connectivity index (χ4v) is 2.24. The van der Waals surface area contributed by atoms with E-state index in [1.165, 1.54) is 0 Å². The SMILES string of the molecule is Cl.Cn1cc(Br)c(NC2CCNC2)cc1=O.